The van der Waals surface area contributed by atoms with E-state index in [2.05, 4.69) is 5.32 Å². The van der Waals surface area contributed by atoms with Gasteiger partial charge in [0.15, 0.2) is 11.5 Å². The van der Waals surface area contributed by atoms with Crippen LogP contribution in [0, 0.1) is 0 Å². The average molecular weight is 335 g/mol. The van der Waals surface area contributed by atoms with Crippen LogP contribution in [0.2, 0.25) is 0 Å². The third kappa shape index (κ3) is 3.58. The van der Waals surface area contributed by atoms with Gasteiger partial charge in [0, 0.05) is 5.56 Å². The van der Waals surface area contributed by atoms with Gasteiger partial charge in [-0.1, -0.05) is 36.4 Å². The van der Waals surface area contributed by atoms with Crippen molar-refractivity contribution in [1.29, 1.82) is 0 Å². The Kier molecular flexibility index (Phi) is 4.89. The molecule has 25 heavy (non-hydrogen) atoms. The molecule has 0 saturated carbocycles. The van der Waals surface area contributed by atoms with Crippen molar-refractivity contribution in [3.8, 4) is 11.5 Å². The van der Waals surface area contributed by atoms with Gasteiger partial charge in [-0.15, -0.1) is 0 Å². The number of carbonyl (C=O) groups is 1. The van der Waals surface area contributed by atoms with Crippen molar-refractivity contribution < 1.29 is 14.3 Å². The lowest BCUT2D eigenvalue weighted by Gasteiger charge is -2.17. The zero-order valence-electron chi connectivity index (χ0n) is 14.6. The van der Waals surface area contributed by atoms with Gasteiger partial charge in [0.1, 0.15) is 0 Å². The van der Waals surface area contributed by atoms with Crippen LogP contribution in [0.3, 0.4) is 0 Å². The summed E-state index contributed by atoms with van der Waals surface area (Å²) in [4.78, 5) is 12.6. The molecule has 128 valence electrons. The predicted molar refractivity (Wildman–Crippen MR) is 99.4 cm³/mol. The molecule has 4 heteroatoms. The van der Waals surface area contributed by atoms with Crippen molar-refractivity contribution in [2.75, 3.05) is 14.2 Å². The predicted octanol–water partition coefficient (Wildman–Crippen LogP) is 4.35. The first-order valence-electron chi connectivity index (χ1n) is 8.14. The zero-order valence-corrected chi connectivity index (χ0v) is 14.6. The first-order chi connectivity index (χ1) is 12.1. The van der Waals surface area contributed by atoms with E-state index < -0.39 is 0 Å². The Labute approximate surface area is 147 Å². The molecule has 1 N–H and O–H groups in total. The number of amides is 1. The summed E-state index contributed by atoms with van der Waals surface area (Å²) in [6.45, 7) is 1.94. The standard InChI is InChI=1S/C21H21NO3/c1-14(16-10-11-19(24-2)20(13-16)25-3)22-21(23)18-9-8-15-6-4-5-7-17(15)12-18/h4-14H,1-3H3,(H,22,23). The van der Waals surface area contributed by atoms with Crippen molar-refractivity contribution in [2.24, 2.45) is 0 Å². The van der Waals surface area contributed by atoms with Crippen LogP contribution in [0.15, 0.2) is 60.7 Å². The summed E-state index contributed by atoms with van der Waals surface area (Å²) < 4.78 is 10.6. The molecule has 0 fully saturated rings. The highest BCUT2D eigenvalue weighted by molar-refractivity contribution is 5.98. The molecule has 1 unspecified atom stereocenters. The molecule has 0 aliphatic carbocycles. The minimum Gasteiger partial charge on any atom is -0.493 e. The van der Waals surface area contributed by atoms with Crippen LogP contribution in [-0.2, 0) is 0 Å². The molecule has 1 atom stereocenters. The number of hydrogen-bond acceptors (Lipinski definition) is 3. The molecule has 3 rings (SSSR count). The van der Waals surface area contributed by atoms with E-state index in [0.29, 0.717) is 17.1 Å². The minimum absolute atomic E-state index is 0.104. The topological polar surface area (TPSA) is 47.6 Å². The summed E-state index contributed by atoms with van der Waals surface area (Å²) in [5.41, 5.74) is 1.60. The normalized spacial score (nSPS) is 11.8. The highest BCUT2D eigenvalue weighted by Gasteiger charge is 2.14. The van der Waals surface area contributed by atoms with Crippen LogP contribution < -0.4 is 14.8 Å². The Bertz CT molecular complexity index is 905. The fraction of sp³-hybridized carbons (Fsp3) is 0.190. The summed E-state index contributed by atoms with van der Waals surface area (Å²) in [7, 11) is 3.20. The number of benzene rings is 3. The Morgan fingerprint density at radius 3 is 2.32 bits per heavy atom. The first-order valence-corrected chi connectivity index (χ1v) is 8.14. The highest BCUT2D eigenvalue weighted by Crippen LogP contribution is 2.30. The summed E-state index contributed by atoms with van der Waals surface area (Å²) in [6.07, 6.45) is 0. The first kappa shape index (κ1) is 16.8. The van der Waals surface area contributed by atoms with Crippen molar-refractivity contribution in [2.45, 2.75) is 13.0 Å². The van der Waals surface area contributed by atoms with E-state index in [0.717, 1.165) is 16.3 Å². The van der Waals surface area contributed by atoms with Gasteiger partial charge in [-0.05, 0) is 47.5 Å². The van der Waals surface area contributed by atoms with Crippen molar-refractivity contribution in [3.05, 3.63) is 71.8 Å². The maximum Gasteiger partial charge on any atom is 0.251 e. The minimum atomic E-state index is -0.154. The van der Waals surface area contributed by atoms with Crippen molar-refractivity contribution in [3.63, 3.8) is 0 Å². The monoisotopic (exact) mass is 335 g/mol. The van der Waals surface area contributed by atoms with Gasteiger partial charge in [-0.25, -0.2) is 0 Å². The summed E-state index contributed by atoms with van der Waals surface area (Å²) in [5, 5.41) is 5.20. The summed E-state index contributed by atoms with van der Waals surface area (Å²) >= 11 is 0. The Balaban J connectivity index is 1.79. The molecule has 3 aromatic carbocycles. The van der Waals surface area contributed by atoms with E-state index in [-0.39, 0.29) is 11.9 Å². The van der Waals surface area contributed by atoms with Crippen molar-refractivity contribution >= 4 is 16.7 Å². The lowest BCUT2D eigenvalue weighted by atomic mass is 10.0. The number of methoxy groups -OCH3 is 2. The fourth-order valence-corrected chi connectivity index (χ4v) is 2.82. The molecule has 0 aromatic heterocycles. The van der Waals surface area contributed by atoms with E-state index >= 15 is 0 Å². The number of hydrogen-bond donors (Lipinski definition) is 1. The molecule has 4 nitrogen and oxygen atoms in total. The molecular weight excluding hydrogens is 314 g/mol. The van der Waals surface area contributed by atoms with Gasteiger partial charge in [-0.2, -0.15) is 0 Å². The molecular formula is C21H21NO3. The summed E-state index contributed by atoms with van der Waals surface area (Å²) in [6, 6.07) is 19.2. The van der Waals surface area contributed by atoms with Gasteiger partial charge in [0.25, 0.3) is 5.91 Å². The van der Waals surface area contributed by atoms with Gasteiger partial charge < -0.3 is 14.8 Å². The van der Waals surface area contributed by atoms with E-state index in [1.165, 1.54) is 0 Å². The Morgan fingerprint density at radius 2 is 1.60 bits per heavy atom. The van der Waals surface area contributed by atoms with E-state index in [1.807, 2.05) is 67.6 Å². The second-order valence-electron chi connectivity index (χ2n) is 5.87. The van der Waals surface area contributed by atoms with E-state index in [4.69, 9.17) is 9.47 Å². The molecule has 0 bridgehead atoms. The second kappa shape index (κ2) is 7.26. The maximum atomic E-state index is 12.6. The van der Waals surface area contributed by atoms with Crippen LogP contribution in [0.1, 0.15) is 28.9 Å². The number of carbonyl (C=O) groups excluding carboxylic acids is 1. The molecule has 0 aliphatic rings. The van der Waals surface area contributed by atoms with Crippen LogP contribution in [0.4, 0.5) is 0 Å². The van der Waals surface area contributed by atoms with E-state index in [1.54, 1.807) is 14.2 Å². The van der Waals surface area contributed by atoms with Crippen LogP contribution in [-0.4, -0.2) is 20.1 Å². The molecule has 1 amide bonds. The van der Waals surface area contributed by atoms with E-state index in [9.17, 15) is 4.79 Å². The van der Waals surface area contributed by atoms with Crippen LogP contribution in [0.25, 0.3) is 10.8 Å². The second-order valence-corrected chi connectivity index (χ2v) is 5.87. The number of nitrogens with one attached hydrogen (secondary N) is 1. The third-order valence-corrected chi connectivity index (χ3v) is 4.27. The Hall–Kier alpha value is -3.01. The smallest absolute Gasteiger partial charge is 0.251 e. The maximum absolute atomic E-state index is 12.6. The average Bonchev–Trinajstić information content (AvgIpc) is 2.66. The number of ether oxygens (including phenoxy) is 2. The number of rotatable bonds is 5. The molecule has 3 aromatic rings. The molecule has 0 saturated heterocycles. The van der Waals surface area contributed by atoms with Crippen molar-refractivity contribution in [1.82, 2.24) is 5.32 Å². The van der Waals surface area contributed by atoms with Crippen LogP contribution in [0.5, 0.6) is 11.5 Å². The third-order valence-electron chi connectivity index (χ3n) is 4.27. The quantitative estimate of drug-likeness (QED) is 0.754. The SMILES string of the molecule is COc1ccc(C(C)NC(=O)c2ccc3ccccc3c2)cc1OC. The summed E-state index contributed by atoms with van der Waals surface area (Å²) in [5.74, 6) is 1.21. The lowest BCUT2D eigenvalue weighted by molar-refractivity contribution is 0.0940. The molecule has 0 aliphatic heterocycles. The van der Waals surface area contributed by atoms with Gasteiger partial charge in [0.2, 0.25) is 0 Å². The zero-order chi connectivity index (χ0) is 17.8. The molecule has 0 spiro atoms. The van der Waals surface area contributed by atoms with Gasteiger partial charge in [-0.3, -0.25) is 4.79 Å². The Morgan fingerprint density at radius 1 is 0.880 bits per heavy atom. The lowest BCUT2D eigenvalue weighted by Crippen LogP contribution is -2.26. The highest BCUT2D eigenvalue weighted by atomic mass is 16.5. The van der Waals surface area contributed by atoms with Crippen LogP contribution >= 0.6 is 0 Å². The molecule has 0 heterocycles. The van der Waals surface area contributed by atoms with Gasteiger partial charge in [0.05, 0.1) is 20.3 Å². The molecule has 0 radical (unpaired) electrons. The fourth-order valence-electron chi connectivity index (χ4n) is 2.82. The number of fused-ring (bicyclic) bond motifs is 1. The van der Waals surface area contributed by atoms with Gasteiger partial charge >= 0.3 is 0 Å². The largest absolute Gasteiger partial charge is 0.493 e.